The second-order valence-electron chi connectivity index (χ2n) is 5.99. The number of nitrogens with zero attached hydrogens (tertiary/aromatic N) is 3. The summed E-state index contributed by atoms with van der Waals surface area (Å²) >= 11 is 0. The van der Waals surface area contributed by atoms with Crippen LogP contribution in [0, 0.1) is 5.92 Å². The molecule has 2 aliphatic heterocycles. The Hall–Kier alpha value is -1.85. The highest BCUT2D eigenvalue weighted by Crippen LogP contribution is 2.19. The highest BCUT2D eigenvalue weighted by atomic mass is 16.4. The first-order chi connectivity index (χ1) is 10.1. The molecule has 1 N–H and O–H groups in total. The summed E-state index contributed by atoms with van der Waals surface area (Å²) in [6.45, 7) is 1.99. The number of carboxylic acid groups (broad SMARTS) is 1. The Bertz CT molecular complexity index is 529. The van der Waals surface area contributed by atoms with Crippen molar-refractivity contribution in [1.29, 1.82) is 0 Å². The number of fused-ring (bicyclic) bond motifs is 1. The molecule has 0 bridgehead atoms. The van der Waals surface area contributed by atoms with Crippen LogP contribution >= 0.6 is 0 Å². The van der Waals surface area contributed by atoms with Crippen molar-refractivity contribution in [2.75, 3.05) is 13.1 Å². The number of carboxylic acids is 1. The summed E-state index contributed by atoms with van der Waals surface area (Å²) < 4.78 is 2.14. The van der Waals surface area contributed by atoms with E-state index in [-0.39, 0.29) is 12.3 Å². The van der Waals surface area contributed by atoms with Gasteiger partial charge < -0.3 is 14.6 Å². The van der Waals surface area contributed by atoms with Gasteiger partial charge in [0.2, 0.25) is 5.91 Å². The van der Waals surface area contributed by atoms with Crippen LogP contribution in [0.1, 0.15) is 37.2 Å². The minimum Gasteiger partial charge on any atom is -0.481 e. The van der Waals surface area contributed by atoms with E-state index in [1.54, 1.807) is 4.90 Å². The van der Waals surface area contributed by atoms with Crippen LogP contribution in [0.5, 0.6) is 0 Å². The van der Waals surface area contributed by atoms with Crippen LogP contribution in [0.25, 0.3) is 0 Å². The van der Waals surface area contributed by atoms with E-state index < -0.39 is 11.9 Å². The van der Waals surface area contributed by atoms with Gasteiger partial charge in [-0.2, -0.15) is 0 Å². The lowest BCUT2D eigenvalue weighted by molar-refractivity contribution is -0.145. The molecule has 0 saturated carbocycles. The maximum atomic E-state index is 12.3. The molecule has 1 aromatic rings. The zero-order chi connectivity index (χ0) is 14.8. The first-order valence-electron chi connectivity index (χ1n) is 7.69. The summed E-state index contributed by atoms with van der Waals surface area (Å²) in [4.78, 5) is 29.6. The molecule has 0 aliphatic carbocycles. The fraction of sp³-hybridized carbons (Fsp3) is 0.667. The zero-order valence-electron chi connectivity index (χ0n) is 12.1. The van der Waals surface area contributed by atoms with Crippen LogP contribution in [0.15, 0.2) is 6.20 Å². The van der Waals surface area contributed by atoms with Crippen LogP contribution in [0.3, 0.4) is 0 Å². The molecule has 0 spiro atoms. The van der Waals surface area contributed by atoms with Gasteiger partial charge in [-0.25, -0.2) is 4.98 Å². The quantitative estimate of drug-likeness (QED) is 0.904. The summed E-state index contributed by atoms with van der Waals surface area (Å²) in [5.41, 5.74) is 0.814. The van der Waals surface area contributed by atoms with Gasteiger partial charge >= 0.3 is 5.97 Å². The van der Waals surface area contributed by atoms with Gasteiger partial charge in [0, 0.05) is 32.3 Å². The van der Waals surface area contributed by atoms with Crippen molar-refractivity contribution >= 4 is 11.9 Å². The normalized spacial score (nSPS) is 21.9. The Labute approximate surface area is 123 Å². The molecule has 0 aromatic carbocycles. The number of hydrogen-bond donors (Lipinski definition) is 1. The Morgan fingerprint density at radius 1 is 1.29 bits per heavy atom. The number of carbonyl (C=O) groups is 2. The number of likely N-dealkylation sites (tertiary alicyclic amines) is 1. The fourth-order valence-electron chi connectivity index (χ4n) is 3.23. The first kappa shape index (κ1) is 14.1. The van der Waals surface area contributed by atoms with Gasteiger partial charge in [0.15, 0.2) is 0 Å². The lowest BCUT2D eigenvalue weighted by atomic mass is 9.98. The molecule has 3 heterocycles. The van der Waals surface area contributed by atoms with Crippen molar-refractivity contribution in [3.63, 3.8) is 0 Å². The number of hydrogen-bond acceptors (Lipinski definition) is 3. The van der Waals surface area contributed by atoms with E-state index in [1.165, 1.54) is 6.42 Å². The molecule has 2 aliphatic rings. The number of piperidine rings is 1. The van der Waals surface area contributed by atoms with Crippen LogP contribution < -0.4 is 0 Å². The SMILES string of the molecule is O=C(O)C1CCCN(C(=O)Cc2cn3c(n2)CCCC3)C1. The molecule has 1 unspecified atom stereocenters. The average Bonchev–Trinajstić information content (AvgIpc) is 2.89. The third-order valence-corrected chi connectivity index (χ3v) is 4.41. The molecule has 1 aromatic heterocycles. The summed E-state index contributed by atoms with van der Waals surface area (Å²) in [5.74, 6) is -0.148. The monoisotopic (exact) mass is 291 g/mol. The van der Waals surface area contributed by atoms with Gasteiger partial charge in [0.05, 0.1) is 18.0 Å². The van der Waals surface area contributed by atoms with Gasteiger partial charge in [-0.05, 0) is 25.7 Å². The summed E-state index contributed by atoms with van der Waals surface area (Å²) in [7, 11) is 0. The number of amides is 1. The van der Waals surface area contributed by atoms with Crippen LogP contribution in [-0.2, 0) is 29.0 Å². The third-order valence-electron chi connectivity index (χ3n) is 4.41. The number of aryl methyl sites for hydroxylation is 2. The van der Waals surface area contributed by atoms with E-state index in [4.69, 9.17) is 5.11 Å². The predicted octanol–water partition coefficient (Wildman–Crippen LogP) is 1.09. The molecule has 6 heteroatoms. The lowest BCUT2D eigenvalue weighted by Crippen LogP contribution is -2.43. The largest absolute Gasteiger partial charge is 0.481 e. The standard InChI is InChI=1S/C15H21N3O3/c19-14(18-7-3-4-11(9-18)15(20)21)8-12-10-17-6-2-1-5-13(17)16-12/h10-11H,1-9H2,(H,20,21). The van der Waals surface area contributed by atoms with E-state index in [2.05, 4.69) is 9.55 Å². The van der Waals surface area contributed by atoms with Crippen molar-refractivity contribution in [3.05, 3.63) is 17.7 Å². The summed E-state index contributed by atoms with van der Waals surface area (Å²) in [5, 5.41) is 9.08. The van der Waals surface area contributed by atoms with Crippen molar-refractivity contribution in [3.8, 4) is 0 Å². The number of imidazole rings is 1. The average molecular weight is 291 g/mol. The second-order valence-corrected chi connectivity index (χ2v) is 5.99. The number of rotatable bonds is 3. The van der Waals surface area contributed by atoms with Crippen LogP contribution in [0.4, 0.5) is 0 Å². The topological polar surface area (TPSA) is 75.4 Å². The van der Waals surface area contributed by atoms with Crippen molar-refractivity contribution in [2.24, 2.45) is 5.92 Å². The van der Waals surface area contributed by atoms with Crippen LogP contribution in [-0.4, -0.2) is 44.5 Å². The second kappa shape index (κ2) is 5.87. The maximum Gasteiger partial charge on any atom is 0.308 e. The molecule has 1 atom stereocenters. The predicted molar refractivity (Wildman–Crippen MR) is 75.8 cm³/mol. The molecule has 3 rings (SSSR count). The Morgan fingerprint density at radius 2 is 2.14 bits per heavy atom. The van der Waals surface area contributed by atoms with Crippen molar-refractivity contribution in [2.45, 2.75) is 45.1 Å². The number of carbonyl (C=O) groups excluding carboxylic acids is 1. The zero-order valence-corrected chi connectivity index (χ0v) is 12.1. The minimum atomic E-state index is -0.801. The van der Waals surface area contributed by atoms with E-state index in [0.29, 0.717) is 19.5 Å². The molecule has 6 nitrogen and oxygen atoms in total. The van der Waals surface area contributed by atoms with E-state index in [9.17, 15) is 9.59 Å². The third kappa shape index (κ3) is 3.09. The molecule has 114 valence electrons. The first-order valence-corrected chi connectivity index (χ1v) is 7.69. The smallest absolute Gasteiger partial charge is 0.308 e. The van der Waals surface area contributed by atoms with Crippen molar-refractivity contribution < 1.29 is 14.7 Å². The van der Waals surface area contributed by atoms with Crippen molar-refractivity contribution in [1.82, 2.24) is 14.5 Å². The van der Waals surface area contributed by atoms with Gasteiger partial charge in [-0.1, -0.05) is 0 Å². The van der Waals surface area contributed by atoms with Gasteiger partial charge in [0.25, 0.3) is 0 Å². The Morgan fingerprint density at radius 3 is 2.90 bits per heavy atom. The van der Waals surface area contributed by atoms with E-state index in [1.807, 2.05) is 6.20 Å². The van der Waals surface area contributed by atoms with Crippen LogP contribution in [0.2, 0.25) is 0 Å². The molecular formula is C15H21N3O3. The lowest BCUT2D eigenvalue weighted by Gasteiger charge is -2.30. The Balaban J connectivity index is 1.63. The van der Waals surface area contributed by atoms with E-state index >= 15 is 0 Å². The summed E-state index contributed by atoms with van der Waals surface area (Å²) in [6, 6.07) is 0. The van der Waals surface area contributed by atoms with E-state index in [0.717, 1.165) is 37.3 Å². The Kier molecular flexibility index (Phi) is 3.94. The highest BCUT2D eigenvalue weighted by Gasteiger charge is 2.28. The van der Waals surface area contributed by atoms with Gasteiger partial charge in [-0.3, -0.25) is 9.59 Å². The van der Waals surface area contributed by atoms with Gasteiger partial charge in [-0.15, -0.1) is 0 Å². The maximum absolute atomic E-state index is 12.3. The molecule has 21 heavy (non-hydrogen) atoms. The highest BCUT2D eigenvalue weighted by molar-refractivity contribution is 5.79. The molecule has 0 radical (unpaired) electrons. The number of aliphatic carboxylic acids is 1. The number of aromatic nitrogens is 2. The molecule has 1 saturated heterocycles. The van der Waals surface area contributed by atoms with Gasteiger partial charge in [0.1, 0.15) is 5.82 Å². The summed E-state index contributed by atoms with van der Waals surface area (Å²) in [6.07, 6.45) is 7.01. The molecular weight excluding hydrogens is 270 g/mol. The molecule has 1 amide bonds. The fourth-order valence-corrected chi connectivity index (χ4v) is 3.23. The minimum absolute atomic E-state index is 0.00334. The molecule has 1 fully saturated rings.